The second kappa shape index (κ2) is 11.1. The summed E-state index contributed by atoms with van der Waals surface area (Å²) in [6.07, 6.45) is 12.7. The number of hydrogen-bond donors (Lipinski definition) is 1. The van der Waals surface area contributed by atoms with Crippen LogP contribution in [0.1, 0.15) is 26.7 Å². The first kappa shape index (κ1) is 14.6. The van der Waals surface area contributed by atoms with Crippen molar-refractivity contribution in [1.29, 1.82) is 0 Å². The van der Waals surface area contributed by atoms with Gasteiger partial charge >= 0.3 is 0 Å². The summed E-state index contributed by atoms with van der Waals surface area (Å²) in [7, 11) is 0. The Bertz CT molecular complexity index is 169. The summed E-state index contributed by atoms with van der Waals surface area (Å²) in [4.78, 5) is 0. The smallest absolute Gasteiger partial charge is 0 e. The molecule has 0 fully saturated rings. The number of hydrogen-bond acceptors (Lipinski definition) is 1. The molecule has 0 saturated heterocycles. The summed E-state index contributed by atoms with van der Waals surface area (Å²) in [6.45, 7) is 4.08. The first-order valence-electron chi connectivity index (χ1n) is 3.94. The number of nitrogens with two attached hydrogens (primary N) is 1. The summed E-state index contributed by atoms with van der Waals surface area (Å²) in [5.74, 6) is 0. The summed E-state index contributed by atoms with van der Waals surface area (Å²) in [6, 6.07) is 0. The molecule has 0 saturated carbocycles. The van der Waals surface area contributed by atoms with Crippen molar-refractivity contribution in [3.05, 3.63) is 36.1 Å². The van der Waals surface area contributed by atoms with Crippen molar-refractivity contribution in [3.8, 4) is 0 Å². The maximum Gasteiger partial charge on any atom is 0 e. The molecule has 0 unspecified atom stereocenters. The average molecular weight is 239 g/mol. The summed E-state index contributed by atoms with van der Waals surface area (Å²) in [5, 5.41) is 0. The van der Waals surface area contributed by atoms with Gasteiger partial charge in [0.25, 0.3) is 0 Å². The minimum Gasteiger partial charge on any atom is -0.405 e. The molecule has 0 aliphatic rings. The first-order valence-corrected chi connectivity index (χ1v) is 3.94. The molecule has 0 aliphatic carbocycles. The van der Waals surface area contributed by atoms with Gasteiger partial charge in [-0.1, -0.05) is 19.9 Å². The van der Waals surface area contributed by atoms with Crippen molar-refractivity contribution in [2.45, 2.75) is 26.7 Å². The Morgan fingerprint density at radius 3 is 2.58 bits per heavy atom. The van der Waals surface area contributed by atoms with E-state index in [0.717, 1.165) is 12.8 Å². The van der Waals surface area contributed by atoms with Gasteiger partial charge in [-0.3, -0.25) is 6.08 Å². The molecular formula is C10H16NY-. The Hall–Kier alpha value is 0.124. The van der Waals surface area contributed by atoms with Crippen LogP contribution in [0.15, 0.2) is 30.0 Å². The fraction of sp³-hybridized carbons (Fsp3) is 0.400. The van der Waals surface area contributed by atoms with Gasteiger partial charge in [0.2, 0.25) is 0 Å². The Morgan fingerprint density at radius 2 is 2.17 bits per heavy atom. The Balaban J connectivity index is 0. The summed E-state index contributed by atoms with van der Waals surface area (Å²) < 4.78 is 0. The zero-order valence-electron chi connectivity index (χ0n) is 7.88. The molecule has 0 heterocycles. The van der Waals surface area contributed by atoms with E-state index in [4.69, 9.17) is 5.73 Å². The average Bonchev–Trinajstić information content (AvgIpc) is 2.01. The molecule has 0 spiro atoms. The van der Waals surface area contributed by atoms with Crippen LogP contribution in [0.4, 0.5) is 0 Å². The van der Waals surface area contributed by atoms with Crippen LogP contribution in [0.25, 0.3) is 0 Å². The fourth-order valence-electron chi connectivity index (χ4n) is 0.822. The minimum absolute atomic E-state index is 0. The Kier molecular flexibility index (Phi) is 13.6. The molecule has 0 aromatic heterocycles. The molecule has 1 nitrogen and oxygen atoms in total. The van der Waals surface area contributed by atoms with Gasteiger partial charge in [-0.05, 0) is 12.6 Å². The number of allylic oxidation sites excluding steroid dienone is 5. The van der Waals surface area contributed by atoms with Crippen molar-refractivity contribution in [3.63, 3.8) is 0 Å². The summed E-state index contributed by atoms with van der Waals surface area (Å²) >= 11 is 0. The van der Waals surface area contributed by atoms with E-state index in [1.807, 2.05) is 19.1 Å². The van der Waals surface area contributed by atoms with Crippen LogP contribution < -0.4 is 5.73 Å². The van der Waals surface area contributed by atoms with Crippen LogP contribution >= 0.6 is 0 Å². The molecule has 1 radical (unpaired) electrons. The van der Waals surface area contributed by atoms with E-state index in [0.29, 0.717) is 0 Å². The van der Waals surface area contributed by atoms with E-state index in [2.05, 4.69) is 19.1 Å². The summed E-state index contributed by atoms with van der Waals surface area (Å²) in [5.41, 5.74) is 6.43. The fourth-order valence-corrected chi connectivity index (χ4v) is 0.822. The predicted molar refractivity (Wildman–Crippen MR) is 49.8 cm³/mol. The van der Waals surface area contributed by atoms with Gasteiger partial charge in [0, 0.05) is 32.7 Å². The van der Waals surface area contributed by atoms with Crippen LogP contribution in [0, 0.1) is 6.08 Å². The number of rotatable bonds is 4. The zero-order valence-corrected chi connectivity index (χ0v) is 10.7. The third-order valence-corrected chi connectivity index (χ3v) is 1.25. The van der Waals surface area contributed by atoms with Gasteiger partial charge in [-0.25, -0.2) is 11.6 Å². The van der Waals surface area contributed by atoms with Crippen LogP contribution in [0.5, 0.6) is 0 Å². The monoisotopic (exact) mass is 239 g/mol. The van der Waals surface area contributed by atoms with E-state index in [9.17, 15) is 0 Å². The molecule has 0 bridgehead atoms. The molecule has 2 heteroatoms. The molecule has 0 atom stereocenters. The van der Waals surface area contributed by atoms with E-state index >= 15 is 0 Å². The van der Waals surface area contributed by atoms with Gasteiger partial charge in [-0.15, -0.1) is 6.42 Å². The second-order valence-corrected chi connectivity index (χ2v) is 2.19. The largest absolute Gasteiger partial charge is 0.405 e. The topological polar surface area (TPSA) is 26.0 Å². The predicted octanol–water partition coefficient (Wildman–Crippen LogP) is 2.56. The van der Waals surface area contributed by atoms with Crippen molar-refractivity contribution in [1.82, 2.24) is 0 Å². The van der Waals surface area contributed by atoms with Crippen LogP contribution in [-0.4, -0.2) is 0 Å². The molecule has 0 aromatic rings. The van der Waals surface area contributed by atoms with Crippen LogP contribution in [0.3, 0.4) is 0 Å². The third-order valence-electron chi connectivity index (χ3n) is 1.25. The van der Waals surface area contributed by atoms with E-state index < -0.39 is 0 Å². The molecule has 12 heavy (non-hydrogen) atoms. The van der Waals surface area contributed by atoms with Crippen molar-refractivity contribution >= 4 is 0 Å². The van der Waals surface area contributed by atoms with E-state index in [1.165, 1.54) is 5.57 Å². The SMILES string of the molecule is C/C=C\C(=[C-]CC)C/C=C/N.[Y]. The van der Waals surface area contributed by atoms with Crippen LogP contribution in [-0.2, 0) is 32.7 Å². The van der Waals surface area contributed by atoms with E-state index in [-0.39, 0.29) is 32.7 Å². The van der Waals surface area contributed by atoms with Gasteiger partial charge in [-0.2, -0.15) is 6.08 Å². The van der Waals surface area contributed by atoms with E-state index in [1.54, 1.807) is 6.20 Å². The second-order valence-electron chi connectivity index (χ2n) is 2.19. The minimum atomic E-state index is 0. The molecule has 0 aliphatic heterocycles. The maximum atomic E-state index is 5.22. The first-order chi connectivity index (χ1) is 5.35. The molecule has 0 amide bonds. The van der Waals surface area contributed by atoms with Crippen LogP contribution in [0.2, 0.25) is 0 Å². The van der Waals surface area contributed by atoms with Gasteiger partial charge < -0.3 is 5.73 Å². The molecule has 0 aromatic carbocycles. The third kappa shape index (κ3) is 8.22. The molecule has 65 valence electrons. The molecular weight excluding hydrogens is 223 g/mol. The normalized spacial score (nSPS) is 12.3. The maximum absolute atomic E-state index is 5.22. The van der Waals surface area contributed by atoms with Crippen molar-refractivity contribution in [2.75, 3.05) is 0 Å². The van der Waals surface area contributed by atoms with Gasteiger partial charge in [0.1, 0.15) is 0 Å². The molecule has 0 rings (SSSR count). The van der Waals surface area contributed by atoms with Gasteiger partial charge in [0.15, 0.2) is 0 Å². The Morgan fingerprint density at radius 1 is 1.50 bits per heavy atom. The van der Waals surface area contributed by atoms with Crippen molar-refractivity contribution < 1.29 is 32.7 Å². The quantitative estimate of drug-likeness (QED) is 0.592. The standard InChI is InChI=1S/C10H16N.Y/c1-3-6-10(7-4-2)8-5-9-11;/h3,5-6,9H,4,8,11H2,1-2H3;/q-1;/b6-3-,9-5+;. The molecule has 2 N–H and O–H groups in total. The Labute approximate surface area is 101 Å². The van der Waals surface area contributed by atoms with Crippen molar-refractivity contribution in [2.24, 2.45) is 5.73 Å². The zero-order chi connectivity index (χ0) is 8.53. The van der Waals surface area contributed by atoms with Gasteiger partial charge in [0.05, 0.1) is 0 Å².